The first kappa shape index (κ1) is 14.1. The zero-order valence-electron chi connectivity index (χ0n) is 11.7. The van der Waals surface area contributed by atoms with Crippen LogP contribution < -0.4 is 9.46 Å². The number of aryl methyl sites for hydroxylation is 1. The number of para-hydroxylation sites is 1. The van der Waals surface area contributed by atoms with Crippen LogP contribution in [0.3, 0.4) is 0 Å². The second-order valence-electron chi connectivity index (χ2n) is 5.55. The molecule has 0 saturated carbocycles. The van der Waals surface area contributed by atoms with Gasteiger partial charge in [-0.15, -0.1) is 0 Å². The molecule has 0 saturated heterocycles. The number of hydrogen-bond donors (Lipinski definition) is 1. The first-order valence-corrected chi connectivity index (χ1v) is 7.66. The molecule has 1 N–H and O–H groups in total. The van der Waals surface area contributed by atoms with Crippen LogP contribution in [0.4, 0.5) is 5.69 Å². The summed E-state index contributed by atoms with van der Waals surface area (Å²) in [6, 6.07) is 5.54. The van der Waals surface area contributed by atoms with E-state index in [-0.39, 0.29) is 5.60 Å². The molecule has 5 nitrogen and oxygen atoms in total. The van der Waals surface area contributed by atoms with Gasteiger partial charge in [0.05, 0.1) is 5.69 Å². The first-order valence-electron chi connectivity index (χ1n) is 6.22. The third kappa shape index (κ3) is 3.01. The summed E-state index contributed by atoms with van der Waals surface area (Å²) >= 11 is 0. The second-order valence-corrected chi connectivity index (χ2v) is 7.43. The predicted molar refractivity (Wildman–Crippen MR) is 75.7 cm³/mol. The lowest BCUT2D eigenvalue weighted by Crippen LogP contribution is -2.34. The maximum Gasteiger partial charge on any atom is 0.301 e. The predicted octanol–water partition coefficient (Wildman–Crippen LogP) is 2.01. The monoisotopic (exact) mass is 284 g/mol. The number of fused-ring (bicyclic) bond motifs is 1. The van der Waals surface area contributed by atoms with E-state index in [0.717, 1.165) is 22.7 Å². The number of nitrogens with zero attached hydrogens (tertiary/aromatic N) is 1. The van der Waals surface area contributed by atoms with Crippen LogP contribution in [-0.4, -0.2) is 32.4 Å². The molecule has 1 heterocycles. The van der Waals surface area contributed by atoms with Gasteiger partial charge in [0.25, 0.3) is 0 Å². The Bertz CT molecular complexity index is 580. The zero-order valence-corrected chi connectivity index (χ0v) is 12.5. The molecule has 0 amide bonds. The quantitative estimate of drug-likeness (QED) is 0.923. The number of nitrogens with one attached hydrogen (secondary N) is 1. The highest BCUT2D eigenvalue weighted by molar-refractivity contribution is 7.90. The summed E-state index contributed by atoms with van der Waals surface area (Å²) in [5.74, 6) is 0.643. The third-order valence-electron chi connectivity index (χ3n) is 3.19. The Morgan fingerprint density at radius 3 is 2.63 bits per heavy atom. The van der Waals surface area contributed by atoms with Gasteiger partial charge in [0, 0.05) is 14.1 Å². The standard InChI is InChI=1S/C13H20N2O3S/c1-13(2)9-8-10-6-5-7-11(12(10)18-13)14-19(16,17)15(3)4/h5-7,14H,8-9H2,1-4H3. The molecule has 0 fully saturated rings. The molecule has 0 aliphatic carbocycles. The van der Waals surface area contributed by atoms with Crippen molar-refractivity contribution in [2.45, 2.75) is 32.3 Å². The van der Waals surface area contributed by atoms with Crippen LogP contribution in [0, 0.1) is 0 Å². The minimum absolute atomic E-state index is 0.271. The largest absolute Gasteiger partial charge is 0.485 e. The van der Waals surface area contributed by atoms with Crippen LogP contribution in [0.2, 0.25) is 0 Å². The van der Waals surface area contributed by atoms with Crippen molar-refractivity contribution in [1.82, 2.24) is 4.31 Å². The van der Waals surface area contributed by atoms with Crippen LogP contribution in [0.5, 0.6) is 5.75 Å². The molecule has 1 aliphatic heterocycles. The topological polar surface area (TPSA) is 58.6 Å². The number of ether oxygens (including phenoxy) is 1. The van der Waals surface area contributed by atoms with Crippen LogP contribution >= 0.6 is 0 Å². The maximum absolute atomic E-state index is 11.9. The van der Waals surface area contributed by atoms with Gasteiger partial charge in [0.15, 0.2) is 0 Å². The summed E-state index contributed by atoms with van der Waals surface area (Å²) in [5, 5.41) is 0. The van der Waals surface area contributed by atoms with Crippen molar-refractivity contribution >= 4 is 15.9 Å². The van der Waals surface area contributed by atoms with E-state index in [9.17, 15) is 8.42 Å². The molecule has 1 aliphatic rings. The molecule has 1 aromatic rings. The van der Waals surface area contributed by atoms with E-state index >= 15 is 0 Å². The molecule has 2 rings (SSSR count). The molecule has 0 unspecified atom stereocenters. The lowest BCUT2D eigenvalue weighted by atomic mass is 9.94. The summed E-state index contributed by atoms with van der Waals surface area (Å²) in [5.41, 5.74) is 1.27. The van der Waals surface area contributed by atoms with E-state index in [1.807, 2.05) is 26.0 Å². The Morgan fingerprint density at radius 1 is 1.32 bits per heavy atom. The molecule has 19 heavy (non-hydrogen) atoms. The average Bonchev–Trinajstić information content (AvgIpc) is 2.28. The van der Waals surface area contributed by atoms with Gasteiger partial charge in [0.2, 0.25) is 0 Å². The van der Waals surface area contributed by atoms with Crippen molar-refractivity contribution in [1.29, 1.82) is 0 Å². The molecular formula is C13H20N2O3S. The fourth-order valence-electron chi connectivity index (χ4n) is 1.98. The highest BCUT2D eigenvalue weighted by Gasteiger charge is 2.29. The molecule has 0 aromatic heterocycles. The summed E-state index contributed by atoms with van der Waals surface area (Å²) in [4.78, 5) is 0. The Hall–Kier alpha value is -1.27. The SMILES string of the molecule is CN(C)S(=O)(=O)Nc1cccc2c1OC(C)(C)CC2. The van der Waals surface area contributed by atoms with Crippen LogP contribution in [0.1, 0.15) is 25.8 Å². The summed E-state index contributed by atoms with van der Waals surface area (Å²) in [6.45, 7) is 4.01. The van der Waals surface area contributed by atoms with Crippen molar-refractivity contribution in [2.24, 2.45) is 0 Å². The average molecular weight is 284 g/mol. The van der Waals surface area contributed by atoms with Gasteiger partial charge in [-0.3, -0.25) is 4.72 Å². The summed E-state index contributed by atoms with van der Waals surface area (Å²) in [6.07, 6.45) is 1.81. The van der Waals surface area contributed by atoms with Crippen LogP contribution in [-0.2, 0) is 16.6 Å². The van der Waals surface area contributed by atoms with Gasteiger partial charge in [0.1, 0.15) is 11.4 Å². The van der Waals surface area contributed by atoms with Gasteiger partial charge in [-0.25, -0.2) is 0 Å². The van der Waals surface area contributed by atoms with E-state index in [1.54, 1.807) is 6.07 Å². The second kappa shape index (κ2) is 4.68. The van der Waals surface area contributed by atoms with E-state index in [1.165, 1.54) is 14.1 Å². The number of hydrogen-bond acceptors (Lipinski definition) is 3. The maximum atomic E-state index is 11.9. The van der Waals surface area contributed by atoms with Crippen molar-refractivity contribution in [3.8, 4) is 5.75 Å². The molecule has 106 valence electrons. The van der Waals surface area contributed by atoms with Gasteiger partial charge in [-0.1, -0.05) is 12.1 Å². The summed E-state index contributed by atoms with van der Waals surface area (Å²) in [7, 11) is -0.541. The normalized spacial score (nSPS) is 17.7. The smallest absolute Gasteiger partial charge is 0.301 e. The third-order valence-corrected chi connectivity index (χ3v) is 4.63. The van der Waals surface area contributed by atoms with E-state index in [2.05, 4.69) is 4.72 Å². The molecule has 0 radical (unpaired) electrons. The Labute approximate surface area is 114 Å². The summed E-state index contributed by atoms with van der Waals surface area (Å²) < 4.78 is 33.4. The Balaban J connectivity index is 2.39. The number of anilines is 1. The molecule has 1 aromatic carbocycles. The van der Waals surface area contributed by atoms with E-state index < -0.39 is 10.2 Å². The first-order chi connectivity index (χ1) is 8.71. The van der Waals surface area contributed by atoms with Crippen molar-refractivity contribution < 1.29 is 13.2 Å². The van der Waals surface area contributed by atoms with Crippen molar-refractivity contribution in [3.63, 3.8) is 0 Å². The minimum Gasteiger partial charge on any atom is -0.485 e. The molecular weight excluding hydrogens is 264 g/mol. The zero-order chi connectivity index (χ0) is 14.3. The highest BCUT2D eigenvalue weighted by Crippen LogP contribution is 2.39. The van der Waals surface area contributed by atoms with E-state index in [0.29, 0.717) is 11.4 Å². The number of benzene rings is 1. The fourth-order valence-corrected chi connectivity index (χ4v) is 2.60. The number of rotatable bonds is 3. The van der Waals surface area contributed by atoms with Gasteiger partial charge >= 0.3 is 10.2 Å². The van der Waals surface area contributed by atoms with Gasteiger partial charge in [-0.05, 0) is 38.3 Å². The van der Waals surface area contributed by atoms with Crippen LogP contribution in [0.25, 0.3) is 0 Å². The molecule has 0 atom stereocenters. The van der Waals surface area contributed by atoms with Crippen molar-refractivity contribution in [3.05, 3.63) is 23.8 Å². The Kier molecular flexibility index (Phi) is 3.49. The lowest BCUT2D eigenvalue weighted by molar-refractivity contribution is 0.0857. The van der Waals surface area contributed by atoms with Crippen molar-refractivity contribution in [2.75, 3.05) is 18.8 Å². The fraction of sp³-hybridized carbons (Fsp3) is 0.538. The highest BCUT2D eigenvalue weighted by atomic mass is 32.2. The lowest BCUT2D eigenvalue weighted by Gasteiger charge is -2.34. The Morgan fingerprint density at radius 2 is 2.00 bits per heavy atom. The van der Waals surface area contributed by atoms with E-state index in [4.69, 9.17) is 4.74 Å². The van der Waals surface area contributed by atoms with Crippen LogP contribution in [0.15, 0.2) is 18.2 Å². The van der Waals surface area contributed by atoms with Gasteiger partial charge < -0.3 is 4.74 Å². The van der Waals surface area contributed by atoms with Gasteiger partial charge in [-0.2, -0.15) is 12.7 Å². The molecule has 6 heteroatoms. The minimum atomic E-state index is -3.52. The molecule has 0 bridgehead atoms. The molecule has 0 spiro atoms.